The molecular weight excluding hydrogens is 438 g/mol. The Balaban J connectivity index is 1.90. The van der Waals surface area contributed by atoms with Crippen LogP contribution in [0.1, 0.15) is 53.8 Å². The molecule has 3 amide bonds. The lowest BCUT2D eigenvalue weighted by Gasteiger charge is -2.10. The first kappa shape index (κ1) is 22.4. The van der Waals surface area contributed by atoms with Crippen molar-refractivity contribution in [3.63, 3.8) is 0 Å². The Morgan fingerprint density at radius 2 is 1.52 bits per heavy atom. The number of carbonyl (C=O) groups is 3. The lowest BCUT2D eigenvalue weighted by atomic mass is 10.2. The highest BCUT2D eigenvalue weighted by Gasteiger charge is 2.12. The van der Waals surface area contributed by atoms with Crippen LogP contribution in [0.3, 0.4) is 0 Å². The Kier molecular flexibility index (Phi) is 8.67. The predicted octanol–water partition coefficient (Wildman–Crippen LogP) is 4.05. The summed E-state index contributed by atoms with van der Waals surface area (Å²) in [5.74, 6) is -0.343. The first-order valence-corrected chi connectivity index (χ1v) is 10.2. The largest absolute Gasteiger partial charge is 0.492 e. The van der Waals surface area contributed by atoms with E-state index in [1.807, 2.05) is 13.8 Å². The summed E-state index contributed by atoms with van der Waals surface area (Å²) in [6.07, 6.45) is 2.08. The summed E-state index contributed by atoms with van der Waals surface area (Å²) in [4.78, 5) is 36.1. The lowest BCUT2D eigenvalue weighted by molar-refractivity contribution is -0.116. The molecule has 0 atom stereocenters. The zero-order chi connectivity index (χ0) is 21.2. The van der Waals surface area contributed by atoms with Gasteiger partial charge in [0.05, 0.1) is 11.1 Å². The van der Waals surface area contributed by atoms with Crippen LogP contribution in [0.2, 0.25) is 0 Å². The number of rotatable bonds is 8. The number of ether oxygens (including phenoxy) is 1. The summed E-state index contributed by atoms with van der Waals surface area (Å²) >= 11 is 3.37. The minimum atomic E-state index is -0.466. The van der Waals surface area contributed by atoms with E-state index in [4.69, 9.17) is 4.74 Å². The van der Waals surface area contributed by atoms with E-state index in [1.165, 1.54) is 0 Å². The van der Waals surface area contributed by atoms with Crippen LogP contribution < -0.4 is 20.9 Å². The number of hydrazine groups is 1. The zero-order valence-electron chi connectivity index (χ0n) is 16.4. The van der Waals surface area contributed by atoms with Gasteiger partial charge in [0.1, 0.15) is 5.75 Å². The summed E-state index contributed by atoms with van der Waals surface area (Å²) in [7, 11) is 0. The molecule has 0 saturated heterocycles. The third-order valence-electron chi connectivity index (χ3n) is 3.85. The monoisotopic (exact) mass is 461 g/mol. The minimum Gasteiger partial charge on any atom is -0.492 e. The summed E-state index contributed by atoms with van der Waals surface area (Å²) in [6, 6.07) is 11.3. The van der Waals surface area contributed by atoms with Crippen molar-refractivity contribution in [1.29, 1.82) is 0 Å². The molecule has 0 aromatic heterocycles. The number of hydrogen-bond donors (Lipinski definition) is 3. The van der Waals surface area contributed by atoms with E-state index in [1.54, 1.807) is 42.5 Å². The molecule has 0 bridgehead atoms. The highest BCUT2D eigenvalue weighted by molar-refractivity contribution is 9.10. The molecule has 29 heavy (non-hydrogen) atoms. The van der Waals surface area contributed by atoms with E-state index in [2.05, 4.69) is 32.1 Å². The van der Waals surface area contributed by atoms with Crippen molar-refractivity contribution in [3.8, 4) is 5.75 Å². The van der Waals surface area contributed by atoms with Crippen LogP contribution >= 0.6 is 15.9 Å². The van der Waals surface area contributed by atoms with E-state index in [0.717, 1.165) is 12.8 Å². The van der Waals surface area contributed by atoms with Gasteiger partial charge in [-0.1, -0.05) is 13.8 Å². The van der Waals surface area contributed by atoms with Crippen molar-refractivity contribution in [1.82, 2.24) is 10.9 Å². The summed E-state index contributed by atoms with van der Waals surface area (Å²) in [5, 5.41) is 2.75. The number of halogens is 1. The highest BCUT2D eigenvalue weighted by atomic mass is 79.9. The van der Waals surface area contributed by atoms with Crippen LogP contribution in [0.4, 0.5) is 5.69 Å². The molecule has 2 rings (SSSR count). The topological polar surface area (TPSA) is 96.5 Å². The molecule has 0 unspecified atom stereocenters. The molecular formula is C21H24BrN3O4. The second-order valence-corrected chi connectivity index (χ2v) is 7.13. The van der Waals surface area contributed by atoms with E-state index >= 15 is 0 Å². The number of carbonyl (C=O) groups excluding carboxylic acids is 3. The second kappa shape index (κ2) is 11.2. The fourth-order valence-electron chi connectivity index (χ4n) is 2.38. The van der Waals surface area contributed by atoms with Crippen molar-refractivity contribution >= 4 is 39.3 Å². The lowest BCUT2D eigenvalue weighted by Crippen LogP contribution is -2.41. The summed E-state index contributed by atoms with van der Waals surface area (Å²) < 4.78 is 6.21. The van der Waals surface area contributed by atoms with E-state index in [9.17, 15) is 14.4 Å². The molecule has 0 heterocycles. The van der Waals surface area contributed by atoms with Gasteiger partial charge in [-0.2, -0.15) is 0 Å². The quantitative estimate of drug-likeness (QED) is 0.516. The van der Waals surface area contributed by atoms with Crippen LogP contribution in [0.25, 0.3) is 0 Å². The number of amides is 3. The molecule has 8 heteroatoms. The Hall–Kier alpha value is -2.87. The maximum atomic E-state index is 12.3. The van der Waals surface area contributed by atoms with Gasteiger partial charge in [0.25, 0.3) is 11.8 Å². The molecule has 0 aliphatic carbocycles. The highest BCUT2D eigenvalue weighted by Crippen LogP contribution is 2.26. The fourth-order valence-corrected chi connectivity index (χ4v) is 2.88. The number of anilines is 1. The predicted molar refractivity (Wildman–Crippen MR) is 115 cm³/mol. The molecule has 2 aromatic carbocycles. The molecule has 0 spiro atoms. The molecule has 7 nitrogen and oxygen atoms in total. The molecule has 3 N–H and O–H groups in total. The molecule has 0 fully saturated rings. The molecule has 154 valence electrons. The SMILES string of the molecule is CCCOc1ccc(C(=O)NNC(=O)c2ccc(NC(=O)CCC)cc2)cc1Br. The Morgan fingerprint density at radius 3 is 2.10 bits per heavy atom. The Bertz CT molecular complexity index is 869. The van der Waals surface area contributed by atoms with Gasteiger partial charge in [-0.15, -0.1) is 0 Å². The average Bonchev–Trinajstić information content (AvgIpc) is 2.71. The zero-order valence-corrected chi connectivity index (χ0v) is 18.0. The first-order chi connectivity index (χ1) is 13.9. The van der Waals surface area contributed by atoms with Gasteiger partial charge in [-0.25, -0.2) is 0 Å². The van der Waals surface area contributed by atoms with Crippen molar-refractivity contribution in [3.05, 3.63) is 58.1 Å². The number of benzene rings is 2. The van der Waals surface area contributed by atoms with Crippen molar-refractivity contribution < 1.29 is 19.1 Å². The van der Waals surface area contributed by atoms with E-state index < -0.39 is 11.8 Å². The maximum absolute atomic E-state index is 12.3. The van der Waals surface area contributed by atoms with Gasteiger partial charge < -0.3 is 10.1 Å². The third kappa shape index (κ3) is 6.90. The normalized spacial score (nSPS) is 10.2. The van der Waals surface area contributed by atoms with E-state index in [0.29, 0.717) is 40.1 Å². The van der Waals surface area contributed by atoms with Gasteiger partial charge in [-0.3, -0.25) is 25.2 Å². The smallest absolute Gasteiger partial charge is 0.269 e. The van der Waals surface area contributed by atoms with Gasteiger partial charge in [-0.05, 0) is 71.2 Å². The average molecular weight is 462 g/mol. The molecule has 0 aliphatic rings. The minimum absolute atomic E-state index is 0.0748. The Morgan fingerprint density at radius 1 is 0.897 bits per heavy atom. The first-order valence-electron chi connectivity index (χ1n) is 9.37. The molecule has 0 radical (unpaired) electrons. The van der Waals surface area contributed by atoms with Gasteiger partial charge in [0, 0.05) is 23.2 Å². The van der Waals surface area contributed by atoms with Crippen molar-refractivity contribution in [2.24, 2.45) is 0 Å². The van der Waals surface area contributed by atoms with E-state index in [-0.39, 0.29) is 5.91 Å². The number of nitrogens with one attached hydrogen (secondary N) is 3. The van der Waals surface area contributed by atoms with Gasteiger partial charge in [0.15, 0.2) is 0 Å². The maximum Gasteiger partial charge on any atom is 0.269 e. The van der Waals surface area contributed by atoms with Crippen molar-refractivity contribution in [2.75, 3.05) is 11.9 Å². The number of hydrogen-bond acceptors (Lipinski definition) is 4. The summed E-state index contributed by atoms with van der Waals surface area (Å²) in [6.45, 7) is 4.52. The second-order valence-electron chi connectivity index (χ2n) is 6.28. The standard InChI is InChI=1S/C21H24BrN3O4/c1-3-5-19(26)23-16-9-6-14(7-10-16)20(27)24-25-21(28)15-8-11-18(17(22)13-15)29-12-4-2/h6-11,13H,3-5,12H2,1-2H3,(H,23,26)(H,24,27)(H,25,28). The molecule has 2 aromatic rings. The van der Waals surface area contributed by atoms with Crippen molar-refractivity contribution in [2.45, 2.75) is 33.1 Å². The van der Waals surface area contributed by atoms with Crippen LogP contribution in [0, 0.1) is 0 Å². The van der Waals surface area contributed by atoms with Gasteiger partial charge in [0.2, 0.25) is 5.91 Å². The third-order valence-corrected chi connectivity index (χ3v) is 4.47. The Labute approximate surface area is 178 Å². The summed E-state index contributed by atoms with van der Waals surface area (Å²) in [5.41, 5.74) is 6.09. The van der Waals surface area contributed by atoms with Crippen LogP contribution in [-0.2, 0) is 4.79 Å². The fraction of sp³-hybridized carbons (Fsp3) is 0.286. The van der Waals surface area contributed by atoms with Gasteiger partial charge >= 0.3 is 0 Å². The molecule has 0 saturated carbocycles. The van der Waals surface area contributed by atoms with Crippen LogP contribution in [0.5, 0.6) is 5.75 Å². The molecule has 0 aliphatic heterocycles. The van der Waals surface area contributed by atoms with Crippen LogP contribution in [0.15, 0.2) is 46.9 Å². The van der Waals surface area contributed by atoms with Crippen LogP contribution in [-0.4, -0.2) is 24.3 Å².